The number of nitrogens with zero attached hydrogens (tertiary/aromatic N) is 1. The molecule has 0 radical (unpaired) electrons. The lowest BCUT2D eigenvalue weighted by Gasteiger charge is -2.32. The zero-order valence-electron chi connectivity index (χ0n) is 12.8. The quantitative estimate of drug-likeness (QED) is 0.623. The van der Waals surface area contributed by atoms with Gasteiger partial charge in [0.25, 0.3) is 0 Å². The first-order valence-electron chi connectivity index (χ1n) is 6.35. The number of dihydropyridines is 1. The number of aliphatic imine (C=N–C) groups is 1. The minimum atomic E-state index is -0.851. The molecule has 0 saturated carbocycles. The SMILES string of the molecule is COC1(B2OC(C)(C)C(C)(C)O2)C=C(C=O)C=NC1.N. The molecule has 0 amide bonds. The van der Waals surface area contributed by atoms with E-state index in [0.29, 0.717) is 12.1 Å². The molecular weight excluding hydrogens is 259 g/mol. The lowest BCUT2D eigenvalue weighted by molar-refractivity contribution is -0.104. The van der Waals surface area contributed by atoms with Crippen LogP contribution in [0.25, 0.3) is 0 Å². The summed E-state index contributed by atoms with van der Waals surface area (Å²) in [6, 6.07) is 0. The third-order valence-corrected chi connectivity index (χ3v) is 4.16. The van der Waals surface area contributed by atoms with Crippen LogP contribution in [0.15, 0.2) is 16.6 Å². The van der Waals surface area contributed by atoms with E-state index < -0.39 is 23.8 Å². The first-order chi connectivity index (χ1) is 8.76. The summed E-state index contributed by atoms with van der Waals surface area (Å²) in [6.45, 7) is 8.29. The Bertz CT molecular complexity index is 432. The number of ether oxygens (including phenoxy) is 1. The van der Waals surface area contributed by atoms with Gasteiger partial charge < -0.3 is 20.2 Å². The molecule has 7 heteroatoms. The summed E-state index contributed by atoms with van der Waals surface area (Å²) >= 11 is 0. The number of methoxy groups -OCH3 is 1. The van der Waals surface area contributed by atoms with Crippen LogP contribution in [0.1, 0.15) is 27.7 Å². The molecule has 112 valence electrons. The summed E-state index contributed by atoms with van der Waals surface area (Å²) < 4.78 is 17.6. The van der Waals surface area contributed by atoms with Crippen LogP contribution in [0.3, 0.4) is 0 Å². The molecule has 2 aliphatic rings. The number of carbonyl (C=O) groups excluding carboxylic acids is 1. The zero-order chi connectivity index (χ0) is 14.3. The van der Waals surface area contributed by atoms with E-state index in [1.165, 1.54) is 6.21 Å². The number of hydrogen-bond donors (Lipinski definition) is 1. The summed E-state index contributed by atoms with van der Waals surface area (Å²) in [5, 5.41) is 0. The third kappa shape index (κ3) is 2.58. The Morgan fingerprint density at radius 3 is 2.30 bits per heavy atom. The summed E-state index contributed by atoms with van der Waals surface area (Å²) in [5.41, 5.74) is -1.27. The first kappa shape index (κ1) is 17.0. The summed E-state index contributed by atoms with van der Waals surface area (Å²) in [4.78, 5) is 15.1. The lowest BCUT2D eigenvalue weighted by atomic mass is 9.65. The second-order valence-corrected chi connectivity index (χ2v) is 5.98. The van der Waals surface area contributed by atoms with Gasteiger partial charge in [-0.3, -0.25) is 9.79 Å². The van der Waals surface area contributed by atoms with Crippen molar-refractivity contribution in [2.45, 2.75) is 44.4 Å². The topological polar surface area (TPSA) is 92.1 Å². The van der Waals surface area contributed by atoms with Crippen molar-refractivity contribution in [2.75, 3.05) is 13.7 Å². The Morgan fingerprint density at radius 1 is 1.30 bits per heavy atom. The van der Waals surface area contributed by atoms with E-state index in [4.69, 9.17) is 14.0 Å². The molecule has 0 aromatic carbocycles. The second-order valence-electron chi connectivity index (χ2n) is 5.98. The summed E-state index contributed by atoms with van der Waals surface area (Å²) in [5.74, 6) is 0. The van der Waals surface area contributed by atoms with Crippen molar-refractivity contribution in [2.24, 2.45) is 4.99 Å². The Hall–Kier alpha value is -1.02. The van der Waals surface area contributed by atoms with Crippen molar-refractivity contribution < 1.29 is 18.8 Å². The largest absolute Gasteiger partial charge is 0.498 e. The summed E-state index contributed by atoms with van der Waals surface area (Å²) in [6.07, 6.45) is 4.02. The molecule has 2 heterocycles. The highest BCUT2D eigenvalue weighted by atomic mass is 16.7. The van der Waals surface area contributed by atoms with Crippen molar-refractivity contribution in [1.29, 1.82) is 0 Å². The number of carbonyl (C=O) groups is 1. The average molecular weight is 282 g/mol. The van der Waals surface area contributed by atoms with Gasteiger partial charge in [-0.2, -0.15) is 0 Å². The number of hydrogen-bond acceptors (Lipinski definition) is 6. The van der Waals surface area contributed by atoms with Crippen LogP contribution in [-0.2, 0) is 18.8 Å². The number of aldehydes is 1. The maximum absolute atomic E-state index is 10.9. The van der Waals surface area contributed by atoms with Crippen LogP contribution in [0.5, 0.6) is 0 Å². The first-order valence-corrected chi connectivity index (χ1v) is 6.35. The van der Waals surface area contributed by atoms with Crippen LogP contribution >= 0.6 is 0 Å². The van der Waals surface area contributed by atoms with Gasteiger partial charge >= 0.3 is 7.12 Å². The van der Waals surface area contributed by atoms with E-state index in [-0.39, 0.29) is 6.15 Å². The van der Waals surface area contributed by atoms with Gasteiger partial charge in [-0.05, 0) is 33.8 Å². The molecule has 0 aromatic heterocycles. The molecule has 0 bridgehead atoms. The van der Waals surface area contributed by atoms with Crippen molar-refractivity contribution in [3.05, 3.63) is 11.6 Å². The van der Waals surface area contributed by atoms with Crippen molar-refractivity contribution in [3.63, 3.8) is 0 Å². The van der Waals surface area contributed by atoms with Gasteiger partial charge in [-0.25, -0.2) is 0 Å². The minimum Gasteiger partial charge on any atom is -0.401 e. The van der Waals surface area contributed by atoms with Gasteiger partial charge in [0.2, 0.25) is 0 Å². The predicted molar refractivity (Wildman–Crippen MR) is 78.4 cm³/mol. The molecule has 0 spiro atoms. The van der Waals surface area contributed by atoms with Gasteiger partial charge in [-0.1, -0.05) is 0 Å². The van der Waals surface area contributed by atoms with E-state index in [2.05, 4.69) is 4.99 Å². The minimum absolute atomic E-state index is 0. The van der Waals surface area contributed by atoms with Crippen LogP contribution in [-0.4, -0.2) is 50.0 Å². The second kappa shape index (κ2) is 5.40. The molecule has 2 rings (SSSR count). The standard InChI is InChI=1S/C13H20BNO4.H3N/c1-11(2)12(3,4)19-14(18-11)13(17-5)6-10(8-16)7-15-9-13;/h6-8H,9H2,1-5H3;1H3. The number of rotatable bonds is 3. The van der Waals surface area contributed by atoms with E-state index in [0.717, 1.165) is 6.29 Å². The smallest absolute Gasteiger partial charge is 0.401 e. The number of allylic oxidation sites excluding steroid dienone is 1. The van der Waals surface area contributed by atoms with E-state index in [1.54, 1.807) is 13.2 Å². The normalized spacial score (nSPS) is 30.6. The van der Waals surface area contributed by atoms with Gasteiger partial charge in [-0.15, -0.1) is 0 Å². The molecule has 20 heavy (non-hydrogen) atoms. The Morgan fingerprint density at radius 2 is 1.85 bits per heavy atom. The fraction of sp³-hybridized carbons (Fsp3) is 0.692. The molecule has 1 unspecified atom stereocenters. The van der Waals surface area contributed by atoms with Crippen molar-refractivity contribution in [3.8, 4) is 0 Å². The van der Waals surface area contributed by atoms with Crippen LogP contribution in [0.4, 0.5) is 0 Å². The van der Waals surface area contributed by atoms with Crippen LogP contribution in [0, 0.1) is 0 Å². The fourth-order valence-corrected chi connectivity index (χ4v) is 2.13. The fourth-order valence-electron chi connectivity index (χ4n) is 2.13. The highest BCUT2D eigenvalue weighted by molar-refractivity contribution is 6.50. The van der Waals surface area contributed by atoms with Gasteiger partial charge in [0, 0.05) is 18.9 Å². The Balaban J connectivity index is 0.00000200. The zero-order valence-corrected chi connectivity index (χ0v) is 12.8. The van der Waals surface area contributed by atoms with E-state index >= 15 is 0 Å². The van der Waals surface area contributed by atoms with Gasteiger partial charge in [0.15, 0.2) is 6.29 Å². The molecule has 3 N–H and O–H groups in total. The third-order valence-electron chi connectivity index (χ3n) is 4.16. The highest BCUT2D eigenvalue weighted by Gasteiger charge is 2.60. The molecule has 1 saturated heterocycles. The van der Waals surface area contributed by atoms with Gasteiger partial charge in [0.05, 0.1) is 17.7 Å². The average Bonchev–Trinajstić information content (AvgIpc) is 2.59. The molecule has 0 aromatic rings. The lowest BCUT2D eigenvalue weighted by Crippen LogP contribution is -2.52. The Kier molecular flexibility index (Phi) is 4.60. The van der Waals surface area contributed by atoms with E-state index in [9.17, 15) is 4.79 Å². The molecule has 1 fully saturated rings. The predicted octanol–water partition coefficient (Wildman–Crippen LogP) is 1.37. The molecule has 0 aliphatic carbocycles. The van der Waals surface area contributed by atoms with E-state index in [1.807, 2.05) is 27.7 Å². The monoisotopic (exact) mass is 282 g/mol. The van der Waals surface area contributed by atoms with Crippen molar-refractivity contribution >= 4 is 19.6 Å². The van der Waals surface area contributed by atoms with Crippen LogP contribution < -0.4 is 6.15 Å². The Labute approximate surface area is 120 Å². The van der Waals surface area contributed by atoms with Gasteiger partial charge in [0.1, 0.15) is 5.50 Å². The maximum Gasteiger partial charge on any atom is 0.498 e. The van der Waals surface area contributed by atoms with Crippen LogP contribution in [0.2, 0.25) is 0 Å². The molecular formula is C13H23BN2O4. The summed E-state index contributed by atoms with van der Waals surface area (Å²) in [7, 11) is 0.986. The molecule has 6 nitrogen and oxygen atoms in total. The maximum atomic E-state index is 10.9. The molecule has 1 atom stereocenters. The molecule has 2 aliphatic heterocycles. The highest BCUT2D eigenvalue weighted by Crippen LogP contribution is 2.41. The van der Waals surface area contributed by atoms with Crippen molar-refractivity contribution in [1.82, 2.24) is 6.15 Å².